The van der Waals surface area contributed by atoms with Crippen molar-refractivity contribution < 1.29 is 5.11 Å². The van der Waals surface area contributed by atoms with Crippen LogP contribution >= 0.6 is 23.2 Å². The van der Waals surface area contributed by atoms with E-state index >= 15 is 0 Å². The second-order valence-corrected chi connectivity index (χ2v) is 4.16. The first kappa shape index (κ1) is 11.3. The molecule has 0 saturated carbocycles. The lowest BCUT2D eigenvalue weighted by Crippen LogP contribution is -2.35. The van der Waals surface area contributed by atoms with E-state index < -0.39 is 0 Å². The molecule has 1 aliphatic rings. The molecular formula is C9H15Cl2NO. The maximum Gasteiger partial charge on any atom is 0.0460 e. The molecule has 13 heavy (non-hydrogen) atoms. The predicted molar refractivity (Wildman–Crippen MR) is 56.0 cm³/mol. The maximum atomic E-state index is 8.93. The normalized spacial score (nSPS) is 22.2. The Labute approximate surface area is 89.1 Å². The summed E-state index contributed by atoms with van der Waals surface area (Å²) in [6, 6.07) is 0. The second-order valence-electron chi connectivity index (χ2n) is 3.46. The van der Waals surface area contributed by atoms with E-state index in [9.17, 15) is 0 Å². The van der Waals surface area contributed by atoms with Crippen LogP contribution < -0.4 is 0 Å². The number of hydrogen-bond acceptors (Lipinski definition) is 2. The van der Waals surface area contributed by atoms with Gasteiger partial charge >= 0.3 is 0 Å². The van der Waals surface area contributed by atoms with Gasteiger partial charge in [0.2, 0.25) is 0 Å². The number of hydrogen-bond donors (Lipinski definition) is 1. The highest BCUT2D eigenvalue weighted by atomic mass is 35.5. The van der Waals surface area contributed by atoms with Crippen LogP contribution in [0.3, 0.4) is 0 Å². The van der Waals surface area contributed by atoms with Crippen molar-refractivity contribution in [1.29, 1.82) is 0 Å². The third-order valence-corrected chi connectivity index (χ3v) is 3.06. The minimum Gasteiger partial charge on any atom is -0.396 e. The number of likely N-dealkylation sites (tertiary alicyclic amines) is 1. The first-order chi connectivity index (χ1) is 6.26. The molecule has 0 aliphatic carbocycles. The fourth-order valence-corrected chi connectivity index (χ4v) is 1.81. The van der Waals surface area contributed by atoms with Crippen molar-refractivity contribution in [2.75, 3.05) is 26.2 Å². The summed E-state index contributed by atoms with van der Waals surface area (Å²) in [5.74, 6) is 0.481. The molecule has 0 aromatic carbocycles. The van der Waals surface area contributed by atoms with Gasteiger partial charge in [0.1, 0.15) is 0 Å². The molecule has 0 aromatic heterocycles. The molecule has 1 N–H and O–H groups in total. The van der Waals surface area contributed by atoms with E-state index in [1.54, 1.807) is 0 Å². The summed E-state index contributed by atoms with van der Waals surface area (Å²) < 4.78 is 0. The highest BCUT2D eigenvalue weighted by molar-refractivity contribution is 6.36. The van der Waals surface area contributed by atoms with Crippen molar-refractivity contribution >= 4 is 23.2 Å². The van der Waals surface area contributed by atoms with Gasteiger partial charge in [-0.25, -0.2) is 0 Å². The highest BCUT2D eigenvalue weighted by Crippen LogP contribution is 2.18. The lowest BCUT2D eigenvalue weighted by molar-refractivity contribution is 0.139. The smallest absolute Gasteiger partial charge is 0.0460 e. The third kappa shape index (κ3) is 3.86. The summed E-state index contributed by atoms with van der Waals surface area (Å²) in [7, 11) is 0. The molecule has 0 radical (unpaired) electrons. The molecule has 0 atom stereocenters. The molecule has 1 fully saturated rings. The van der Waals surface area contributed by atoms with E-state index in [2.05, 4.69) is 4.90 Å². The first-order valence-electron chi connectivity index (χ1n) is 4.54. The second kappa shape index (κ2) is 5.86. The zero-order valence-electron chi connectivity index (χ0n) is 7.55. The zero-order chi connectivity index (χ0) is 9.68. The molecule has 0 bridgehead atoms. The molecule has 1 heterocycles. The van der Waals surface area contributed by atoms with Gasteiger partial charge in [0, 0.05) is 23.7 Å². The van der Waals surface area contributed by atoms with E-state index in [0.29, 0.717) is 17.6 Å². The van der Waals surface area contributed by atoms with Crippen LogP contribution in [0.25, 0.3) is 0 Å². The van der Waals surface area contributed by atoms with Gasteiger partial charge in [0.25, 0.3) is 0 Å². The minimum atomic E-state index is 0.312. The molecule has 0 spiro atoms. The van der Waals surface area contributed by atoms with Crippen LogP contribution in [0.1, 0.15) is 12.8 Å². The summed E-state index contributed by atoms with van der Waals surface area (Å²) in [5.41, 5.74) is 1.42. The Morgan fingerprint density at radius 1 is 1.46 bits per heavy atom. The first-order valence-corrected chi connectivity index (χ1v) is 5.35. The lowest BCUT2D eigenvalue weighted by atomic mass is 9.98. The van der Waals surface area contributed by atoms with E-state index in [0.717, 1.165) is 32.5 Å². The van der Waals surface area contributed by atoms with Crippen molar-refractivity contribution in [3.05, 3.63) is 10.6 Å². The van der Waals surface area contributed by atoms with Crippen LogP contribution in [-0.4, -0.2) is 36.2 Å². The van der Waals surface area contributed by atoms with Crippen LogP contribution in [0.5, 0.6) is 0 Å². The van der Waals surface area contributed by atoms with Gasteiger partial charge in [-0.2, -0.15) is 0 Å². The summed E-state index contributed by atoms with van der Waals surface area (Å²) in [5, 5.41) is 9.61. The summed E-state index contributed by atoms with van der Waals surface area (Å²) in [6.07, 6.45) is 2.12. The Kier molecular flexibility index (Phi) is 5.10. The average molecular weight is 224 g/mol. The SMILES string of the molecule is OCC1CCN(C/C(Cl)=C/Cl)CC1. The van der Waals surface area contributed by atoms with Crippen LogP contribution in [-0.2, 0) is 0 Å². The van der Waals surface area contributed by atoms with Gasteiger partial charge < -0.3 is 5.11 Å². The van der Waals surface area contributed by atoms with Gasteiger partial charge in [-0.1, -0.05) is 23.2 Å². The topological polar surface area (TPSA) is 23.5 Å². The minimum absolute atomic E-state index is 0.312. The van der Waals surface area contributed by atoms with Gasteiger partial charge in [-0.3, -0.25) is 4.90 Å². The fourth-order valence-electron chi connectivity index (χ4n) is 1.58. The van der Waals surface area contributed by atoms with Crippen molar-refractivity contribution in [3.63, 3.8) is 0 Å². The quantitative estimate of drug-likeness (QED) is 0.792. The van der Waals surface area contributed by atoms with Crippen LogP contribution in [0.2, 0.25) is 0 Å². The molecule has 0 aromatic rings. The summed E-state index contributed by atoms with van der Waals surface area (Å²) >= 11 is 11.3. The van der Waals surface area contributed by atoms with Crippen LogP contribution in [0, 0.1) is 5.92 Å². The molecule has 1 rings (SSSR count). The van der Waals surface area contributed by atoms with Crippen molar-refractivity contribution in [2.24, 2.45) is 5.92 Å². The van der Waals surface area contributed by atoms with Gasteiger partial charge in [-0.15, -0.1) is 0 Å². The number of rotatable bonds is 3. The Balaban J connectivity index is 2.25. The van der Waals surface area contributed by atoms with E-state index in [4.69, 9.17) is 28.3 Å². The monoisotopic (exact) mass is 223 g/mol. The van der Waals surface area contributed by atoms with Gasteiger partial charge in [0.05, 0.1) is 0 Å². The van der Waals surface area contributed by atoms with Crippen LogP contribution in [0.4, 0.5) is 0 Å². The molecule has 1 saturated heterocycles. The molecular weight excluding hydrogens is 209 g/mol. The Bertz CT molecular complexity index is 176. The lowest BCUT2D eigenvalue weighted by Gasteiger charge is -2.30. The predicted octanol–water partition coefficient (Wildman–Crippen LogP) is 2.01. The molecule has 0 unspecified atom stereocenters. The standard InChI is InChI=1S/C9H15Cl2NO/c10-5-9(11)6-12-3-1-8(7-13)2-4-12/h5,8,13H,1-4,6-7H2/b9-5-. The zero-order valence-corrected chi connectivity index (χ0v) is 9.06. The fraction of sp³-hybridized carbons (Fsp3) is 0.778. The molecule has 4 heteroatoms. The van der Waals surface area contributed by atoms with E-state index in [1.807, 2.05) is 0 Å². The molecule has 1 aliphatic heterocycles. The number of halogens is 2. The Morgan fingerprint density at radius 3 is 2.54 bits per heavy atom. The molecule has 76 valence electrons. The van der Waals surface area contributed by atoms with Gasteiger partial charge in [0.15, 0.2) is 0 Å². The van der Waals surface area contributed by atoms with Crippen LogP contribution in [0.15, 0.2) is 10.6 Å². The Hall–Kier alpha value is 0.240. The van der Waals surface area contributed by atoms with Crippen molar-refractivity contribution in [2.45, 2.75) is 12.8 Å². The third-order valence-electron chi connectivity index (χ3n) is 2.46. The summed E-state index contributed by atoms with van der Waals surface area (Å²) in [4.78, 5) is 2.26. The summed E-state index contributed by atoms with van der Waals surface area (Å²) in [6.45, 7) is 3.06. The Morgan fingerprint density at radius 2 is 2.08 bits per heavy atom. The highest BCUT2D eigenvalue weighted by Gasteiger charge is 2.18. The van der Waals surface area contributed by atoms with Crippen molar-refractivity contribution in [1.82, 2.24) is 4.90 Å². The number of piperidine rings is 1. The number of aliphatic hydroxyl groups is 1. The van der Waals surface area contributed by atoms with E-state index in [1.165, 1.54) is 5.54 Å². The van der Waals surface area contributed by atoms with E-state index in [-0.39, 0.29) is 0 Å². The average Bonchev–Trinajstić information content (AvgIpc) is 2.19. The molecule has 0 amide bonds. The number of nitrogens with zero attached hydrogens (tertiary/aromatic N) is 1. The van der Waals surface area contributed by atoms with Crippen molar-refractivity contribution in [3.8, 4) is 0 Å². The maximum absolute atomic E-state index is 8.93. The largest absolute Gasteiger partial charge is 0.396 e. The van der Waals surface area contributed by atoms with Gasteiger partial charge in [-0.05, 0) is 31.8 Å². The number of aliphatic hydroxyl groups excluding tert-OH is 1. The molecule has 2 nitrogen and oxygen atoms in total.